The lowest BCUT2D eigenvalue weighted by Crippen LogP contribution is -2.35. The van der Waals surface area contributed by atoms with Gasteiger partial charge >= 0.3 is 0 Å². The molecule has 2 aromatic heterocycles. The highest BCUT2D eigenvalue weighted by Gasteiger charge is 2.23. The number of nitrogens with one attached hydrogen (secondary N) is 1. The number of para-hydroxylation sites is 1. The van der Waals surface area contributed by atoms with E-state index in [-0.39, 0.29) is 0 Å². The van der Waals surface area contributed by atoms with Crippen LogP contribution in [0.1, 0.15) is 27.2 Å². The maximum Gasteiger partial charge on any atom is 0.227 e. The van der Waals surface area contributed by atoms with Gasteiger partial charge in [-0.05, 0) is 33.3 Å². The Hall–Kier alpha value is -2.41. The molecule has 0 bridgehead atoms. The molecule has 3 heterocycles. The molecule has 1 N–H and O–H groups in total. The van der Waals surface area contributed by atoms with Crippen LogP contribution in [0.4, 0.5) is 5.95 Å². The standard InChI is InChI=1S/C19H27N7/c1-4-26-18(17-15-8-5-6-9-16(15)20-21-17)22-23-19(26)25-11-7-10-24(12-13-25)14(2)3/h5-6,8-9,14H,4,7,10-13H2,1-3H3,(H,20,21). The van der Waals surface area contributed by atoms with Gasteiger partial charge < -0.3 is 4.90 Å². The van der Waals surface area contributed by atoms with E-state index in [2.05, 4.69) is 61.6 Å². The summed E-state index contributed by atoms with van der Waals surface area (Å²) in [5.41, 5.74) is 1.90. The van der Waals surface area contributed by atoms with Crippen LogP contribution in [-0.4, -0.2) is 62.1 Å². The van der Waals surface area contributed by atoms with Crippen molar-refractivity contribution in [3.8, 4) is 11.5 Å². The number of anilines is 1. The minimum Gasteiger partial charge on any atom is -0.340 e. The lowest BCUT2D eigenvalue weighted by atomic mass is 10.2. The van der Waals surface area contributed by atoms with Crippen LogP contribution in [0.25, 0.3) is 22.4 Å². The van der Waals surface area contributed by atoms with Crippen molar-refractivity contribution in [2.45, 2.75) is 39.8 Å². The zero-order chi connectivity index (χ0) is 18.1. The van der Waals surface area contributed by atoms with E-state index in [0.29, 0.717) is 6.04 Å². The lowest BCUT2D eigenvalue weighted by Gasteiger charge is -2.25. The van der Waals surface area contributed by atoms with Gasteiger partial charge in [0.05, 0.1) is 5.52 Å². The van der Waals surface area contributed by atoms with E-state index in [4.69, 9.17) is 0 Å². The molecule has 1 aliphatic rings. The van der Waals surface area contributed by atoms with Crippen LogP contribution in [0.5, 0.6) is 0 Å². The van der Waals surface area contributed by atoms with Gasteiger partial charge in [0.25, 0.3) is 0 Å². The molecule has 3 aromatic rings. The monoisotopic (exact) mass is 353 g/mol. The summed E-state index contributed by atoms with van der Waals surface area (Å²) in [7, 11) is 0. The first-order chi connectivity index (χ1) is 12.7. The van der Waals surface area contributed by atoms with Crippen LogP contribution in [0.15, 0.2) is 24.3 Å². The Balaban J connectivity index is 1.67. The molecule has 1 fully saturated rings. The molecule has 1 aliphatic heterocycles. The Bertz CT molecular complexity index is 879. The van der Waals surface area contributed by atoms with Crippen molar-refractivity contribution in [2.24, 2.45) is 0 Å². The Morgan fingerprint density at radius 2 is 1.92 bits per heavy atom. The number of fused-ring (bicyclic) bond motifs is 1. The van der Waals surface area contributed by atoms with Gasteiger partial charge in [-0.2, -0.15) is 5.10 Å². The number of benzene rings is 1. The first-order valence-electron chi connectivity index (χ1n) is 9.54. The van der Waals surface area contributed by atoms with Gasteiger partial charge in [-0.3, -0.25) is 14.6 Å². The number of aromatic nitrogens is 5. The van der Waals surface area contributed by atoms with Crippen LogP contribution >= 0.6 is 0 Å². The van der Waals surface area contributed by atoms with Crippen molar-refractivity contribution in [1.29, 1.82) is 0 Å². The predicted octanol–water partition coefficient (Wildman–Crippen LogP) is 2.76. The highest BCUT2D eigenvalue weighted by Crippen LogP contribution is 2.28. The molecule has 0 unspecified atom stereocenters. The normalized spacial score (nSPS) is 16.5. The molecule has 7 heteroatoms. The van der Waals surface area contributed by atoms with Crippen molar-refractivity contribution in [2.75, 3.05) is 31.1 Å². The molecule has 1 aromatic carbocycles. The molecule has 1 saturated heterocycles. The Morgan fingerprint density at radius 3 is 2.73 bits per heavy atom. The molecule has 7 nitrogen and oxygen atoms in total. The summed E-state index contributed by atoms with van der Waals surface area (Å²) in [6.45, 7) is 11.7. The molecule has 0 radical (unpaired) electrons. The van der Waals surface area contributed by atoms with Crippen LogP contribution in [-0.2, 0) is 6.54 Å². The van der Waals surface area contributed by atoms with Crippen LogP contribution in [0, 0.1) is 0 Å². The van der Waals surface area contributed by atoms with E-state index < -0.39 is 0 Å². The summed E-state index contributed by atoms with van der Waals surface area (Å²) in [5.74, 6) is 1.80. The summed E-state index contributed by atoms with van der Waals surface area (Å²) in [5, 5.41) is 17.8. The highest BCUT2D eigenvalue weighted by atomic mass is 15.4. The fourth-order valence-corrected chi connectivity index (χ4v) is 3.78. The molecule has 0 atom stereocenters. The van der Waals surface area contributed by atoms with Gasteiger partial charge in [0, 0.05) is 44.2 Å². The van der Waals surface area contributed by atoms with E-state index in [1.54, 1.807) is 0 Å². The van der Waals surface area contributed by atoms with Crippen LogP contribution in [0.2, 0.25) is 0 Å². The van der Waals surface area contributed by atoms with Crippen molar-refractivity contribution >= 4 is 16.9 Å². The number of aromatic amines is 1. The Kier molecular flexibility index (Phi) is 4.63. The molecule has 0 saturated carbocycles. The minimum atomic E-state index is 0.588. The molecule has 0 aliphatic carbocycles. The summed E-state index contributed by atoms with van der Waals surface area (Å²) >= 11 is 0. The second-order valence-electron chi connectivity index (χ2n) is 7.16. The molecular weight excluding hydrogens is 326 g/mol. The van der Waals surface area contributed by atoms with E-state index >= 15 is 0 Å². The van der Waals surface area contributed by atoms with Gasteiger partial charge in [0.2, 0.25) is 5.95 Å². The third-order valence-electron chi connectivity index (χ3n) is 5.27. The molecular formula is C19H27N7. The number of hydrogen-bond acceptors (Lipinski definition) is 5. The van der Waals surface area contributed by atoms with Crippen molar-refractivity contribution in [1.82, 2.24) is 29.9 Å². The van der Waals surface area contributed by atoms with E-state index in [1.807, 2.05) is 18.2 Å². The second kappa shape index (κ2) is 7.07. The van der Waals surface area contributed by atoms with Gasteiger partial charge in [0.1, 0.15) is 5.69 Å². The first-order valence-corrected chi connectivity index (χ1v) is 9.54. The van der Waals surface area contributed by atoms with E-state index in [0.717, 1.165) is 67.5 Å². The zero-order valence-electron chi connectivity index (χ0n) is 15.8. The maximum absolute atomic E-state index is 4.55. The van der Waals surface area contributed by atoms with Crippen LogP contribution in [0.3, 0.4) is 0 Å². The summed E-state index contributed by atoms with van der Waals surface area (Å²) in [6, 6.07) is 8.75. The molecule has 0 amide bonds. The molecule has 138 valence electrons. The van der Waals surface area contributed by atoms with E-state index in [1.165, 1.54) is 0 Å². The van der Waals surface area contributed by atoms with Gasteiger partial charge in [-0.1, -0.05) is 18.2 Å². The van der Waals surface area contributed by atoms with Crippen LogP contribution < -0.4 is 4.90 Å². The summed E-state index contributed by atoms with van der Waals surface area (Å²) in [6.07, 6.45) is 1.15. The summed E-state index contributed by atoms with van der Waals surface area (Å²) in [4.78, 5) is 4.91. The molecule has 26 heavy (non-hydrogen) atoms. The Morgan fingerprint density at radius 1 is 1.08 bits per heavy atom. The Labute approximate surface area is 154 Å². The van der Waals surface area contributed by atoms with Gasteiger partial charge in [-0.25, -0.2) is 0 Å². The smallest absolute Gasteiger partial charge is 0.227 e. The van der Waals surface area contributed by atoms with Crippen molar-refractivity contribution in [3.05, 3.63) is 24.3 Å². The number of nitrogens with zero attached hydrogens (tertiary/aromatic N) is 6. The second-order valence-corrected chi connectivity index (χ2v) is 7.16. The SMILES string of the molecule is CCn1c(-c2n[nH]c3ccccc23)nnc1N1CCCN(C(C)C)CC1. The number of rotatable bonds is 4. The zero-order valence-corrected chi connectivity index (χ0v) is 15.8. The molecule has 0 spiro atoms. The minimum absolute atomic E-state index is 0.588. The quantitative estimate of drug-likeness (QED) is 0.781. The average molecular weight is 353 g/mol. The maximum atomic E-state index is 4.55. The first kappa shape index (κ1) is 17.0. The number of hydrogen-bond donors (Lipinski definition) is 1. The highest BCUT2D eigenvalue weighted by molar-refractivity contribution is 5.91. The van der Waals surface area contributed by atoms with Gasteiger partial charge in [0.15, 0.2) is 5.82 Å². The van der Waals surface area contributed by atoms with Crippen molar-refractivity contribution < 1.29 is 0 Å². The largest absolute Gasteiger partial charge is 0.340 e. The van der Waals surface area contributed by atoms with Crippen molar-refractivity contribution in [3.63, 3.8) is 0 Å². The predicted molar refractivity (Wildman–Crippen MR) is 104 cm³/mol. The number of H-pyrrole nitrogens is 1. The topological polar surface area (TPSA) is 65.9 Å². The fraction of sp³-hybridized carbons (Fsp3) is 0.526. The fourth-order valence-electron chi connectivity index (χ4n) is 3.78. The van der Waals surface area contributed by atoms with Gasteiger partial charge in [-0.15, -0.1) is 10.2 Å². The third kappa shape index (κ3) is 2.96. The average Bonchev–Trinajstić information content (AvgIpc) is 3.17. The summed E-state index contributed by atoms with van der Waals surface area (Å²) < 4.78 is 2.19. The van der Waals surface area contributed by atoms with E-state index in [9.17, 15) is 0 Å². The third-order valence-corrected chi connectivity index (χ3v) is 5.27. The lowest BCUT2D eigenvalue weighted by molar-refractivity contribution is 0.238. The molecule has 4 rings (SSSR count).